The van der Waals surface area contributed by atoms with Gasteiger partial charge in [0.2, 0.25) is 5.91 Å². The van der Waals surface area contributed by atoms with E-state index in [9.17, 15) is 4.79 Å². The van der Waals surface area contributed by atoms with Gasteiger partial charge in [0.15, 0.2) is 0 Å². The number of para-hydroxylation sites is 1. The predicted molar refractivity (Wildman–Crippen MR) is 65.9 cm³/mol. The zero-order chi connectivity index (χ0) is 12.1. The Hall–Kier alpha value is -1.55. The second-order valence-electron chi connectivity index (χ2n) is 4.25. The van der Waals surface area contributed by atoms with Crippen LogP contribution in [0.1, 0.15) is 18.4 Å². The maximum Gasteiger partial charge on any atom is 0.220 e. The molecular formula is C13H18N2O2. The fourth-order valence-corrected chi connectivity index (χ4v) is 1.95. The lowest BCUT2D eigenvalue weighted by Gasteiger charge is -2.11. The van der Waals surface area contributed by atoms with Gasteiger partial charge < -0.3 is 15.8 Å². The predicted octanol–water partition coefficient (Wildman–Crippen LogP) is 0.845. The van der Waals surface area contributed by atoms with Gasteiger partial charge in [0, 0.05) is 12.8 Å². The molecule has 4 heteroatoms. The molecule has 0 saturated heterocycles. The number of carbonyl (C=O) groups excluding carboxylic acids is 1. The molecular weight excluding hydrogens is 216 g/mol. The quantitative estimate of drug-likeness (QED) is 0.793. The maximum atomic E-state index is 11.4. The van der Waals surface area contributed by atoms with E-state index < -0.39 is 0 Å². The molecule has 1 amide bonds. The Morgan fingerprint density at radius 1 is 1.47 bits per heavy atom. The zero-order valence-electron chi connectivity index (χ0n) is 9.82. The third-order valence-corrected chi connectivity index (χ3v) is 2.85. The van der Waals surface area contributed by atoms with Gasteiger partial charge in [-0.25, -0.2) is 0 Å². The van der Waals surface area contributed by atoms with Crippen molar-refractivity contribution in [1.82, 2.24) is 5.32 Å². The summed E-state index contributed by atoms with van der Waals surface area (Å²) in [5.74, 6) is 0.990. The summed E-state index contributed by atoms with van der Waals surface area (Å²) in [6.07, 6.45) is 2.16. The molecule has 1 heterocycles. The third kappa shape index (κ3) is 3.20. The van der Waals surface area contributed by atoms with E-state index in [1.807, 2.05) is 18.2 Å². The monoisotopic (exact) mass is 234 g/mol. The van der Waals surface area contributed by atoms with Crippen LogP contribution in [-0.2, 0) is 11.2 Å². The summed E-state index contributed by atoms with van der Waals surface area (Å²) in [6, 6.07) is 7.99. The number of fused-ring (bicyclic) bond motifs is 1. The number of ether oxygens (including phenoxy) is 1. The molecule has 0 aromatic heterocycles. The topological polar surface area (TPSA) is 64.4 Å². The molecule has 0 radical (unpaired) electrons. The molecule has 1 aliphatic heterocycles. The first-order valence-electron chi connectivity index (χ1n) is 6.01. The molecule has 1 aromatic carbocycles. The van der Waals surface area contributed by atoms with Gasteiger partial charge in [-0.1, -0.05) is 18.2 Å². The van der Waals surface area contributed by atoms with Crippen LogP contribution in [-0.4, -0.2) is 25.1 Å². The van der Waals surface area contributed by atoms with Gasteiger partial charge in [0.1, 0.15) is 11.9 Å². The van der Waals surface area contributed by atoms with E-state index in [2.05, 4.69) is 11.4 Å². The second-order valence-corrected chi connectivity index (χ2v) is 4.25. The number of nitrogens with one attached hydrogen (secondary N) is 1. The largest absolute Gasteiger partial charge is 0.488 e. The summed E-state index contributed by atoms with van der Waals surface area (Å²) in [4.78, 5) is 11.4. The van der Waals surface area contributed by atoms with Crippen molar-refractivity contribution in [3.05, 3.63) is 29.8 Å². The first-order valence-corrected chi connectivity index (χ1v) is 6.01. The molecule has 1 aromatic rings. The summed E-state index contributed by atoms with van der Waals surface area (Å²) in [5, 5.41) is 2.87. The summed E-state index contributed by atoms with van der Waals surface area (Å²) in [6.45, 7) is 1.12. The standard InChI is InChI=1S/C13H18N2O2/c14-7-3-6-13(16)15-9-11-8-10-4-1-2-5-12(10)17-11/h1-2,4-5,11H,3,6-9,14H2,(H,15,16). The van der Waals surface area contributed by atoms with Gasteiger partial charge in [-0.05, 0) is 24.6 Å². The average molecular weight is 234 g/mol. The Bertz CT molecular complexity index is 368. The number of carbonyl (C=O) groups is 1. The Kier molecular flexibility index (Phi) is 3.98. The highest BCUT2D eigenvalue weighted by molar-refractivity contribution is 5.75. The first-order chi connectivity index (χ1) is 8.29. The molecule has 1 atom stereocenters. The zero-order valence-corrected chi connectivity index (χ0v) is 9.82. The van der Waals surface area contributed by atoms with Crippen molar-refractivity contribution in [3.8, 4) is 5.75 Å². The number of hydrogen-bond donors (Lipinski definition) is 2. The molecule has 0 spiro atoms. The van der Waals surface area contributed by atoms with E-state index in [0.717, 1.165) is 18.6 Å². The van der Waals surface area contributed by atoms with Crippen LogP contribution in [0.25, 0.3) is 0 Å². The highest BCUT2D eigenvalue weighted by Crippen LogP contribution is 2.27. The molecule has 0 aliphatic carbocycles. The van der Waals surface area contributed by atoms with E-state index in [1.165, 1.54) is 5.56 Å². The molecule has 1 unspecified atom stereocenters. The molecule has 2 rings (SSSR count). The highest BCUT2D eigenvalue weighted by Gasteiger charge is 2.22. The molecule has 0 fully saturated rings. The minimum absolute atomic E-state index is 0.0509. The van der Waals surface area contributed by atoms with Crippen LogP contribution in [0.4, 0.5) is 0 Å². The molecule has 92 valence electrons. The van der Waals surface area contributed by atoms with Crippen LogP contribution < -0.4 is 15.8 Å². The third-order valence-electron chi connectivity index (χ3n) is 2.85. The van der Waals surface area contributed by atoms with E-state index in [4.69, 9.17) is 10.5 Å². The molecule has 0 bridgehead atoms. The number of benzene rings is 1. The van der Waals surface area contributed by atoms with E-state index in [1.54, 1.807) is 0 Å². The van der Waals surface area contributed by atoms with Crippen LogP contribution in [0.3, 0.4) is 0 Å². The van der Waals surface area contributed by atoms with Crippen LogP contribution >= 0.6 is 0 Å². The normalized spacial score (nSPS) is 17.4. The van der Waals surface area contributed by atoms with Gasteiger partial charge in [0.25, 0.3) is 0 Å². The lowest BCUT2D eigenvalue weighted by atomic mass is 10.1. The van der Waals surface area contributed by atoms with Gasteiger partial charge in [-0.15, -0.1) is 0 Å². The fraction of sp³-hybridized carbons (Fsp3) is 0.462. The second kappa shape index (κ2) is 5.68. The number of rotatable bonds is 5. The summed E-state index contributed by atoms with van der Waals surface area (Å²) < 4.78 is 5.72. The van der Waals surface area contributed by atoms with E-state index in [-0.39, 0.29) is 12.0 Å². The van der Waals surface area contributed by atoms with Crippen molar-refractivity contribution < 1.29 is 9.53 Å². The van der Waals surface area contributed by atoms with Crippen molar-refractivity contribution in [2.24, 2.45) is 5.73 Å². The molecule has 4 nitrogen and oxygen atoms in total. The summed E-state index contributed by atoms with van der Waals surface area (Å²) in [7, 11) is 0. The van der Waals surface area contributed by atoms with Crippen molar-refractivity contribution in [2.75, 3.05) is 13.1 Å². The number of hydrogen-bond acceptors (Lipinski definition) is 3. The molecule has 1 aliphatic rings. The SMILES string of the molecule is NCCCC(=O)NCC1Cc2ccccc2O1. The van der Waals surface area contributed by atoms with E-state index >= 15 is 0 Å². The lowest BCUT2D eigenvalue weighted by molar-refractivity contribution is -0.121. The maximum absolute atomic E-state index is 11.4. The molecule has 3 N–H and O–H groups in total. The average Bonchev–Trinajstić information content (AvgIpc) is 2.76. The Morgan fingerprint density at radius 2 is 2.29 bits per heavy atom. The molecule has 0 saturated carbocycles. The summed E-state index contributed by atoms with van der Waals surface area (Å²) in [5.41, 5.74) is 6.56. The first kappa shape index (κ1) is 11.9. The highest BCUT2D eigenvalue weighted by atomic mass is 16.5. The Balaban J connectivity index is 1.75. The number of nitrogens with two attached hydrogens (primary N) is 1. The van der Waals surface area contributed by atoms with E-state index in [0.29, 0.717) is 19.5 Å². The summed E-state index contributed by atoms with van der Waals surface area (Å²) >= 11 is 0. The van der Waals surface area contributed by atoms with Crippen molar-refractivity contribution in [3.63, 3.8) is 0 Å². The van der Waals surface area contributed by atoms with Gasteiger partial charge >= 0.3 is 0 Å². The minimum atomic E-state index is 0.0509. The van der Waals surface area contributed by atoms with Gasteiger partial charge in [-0.2, -0.15) is 0 Å². The number of amides is 1. The molecule has 17 heavy (non-hydrogen) atoms. The van der Waals surface area contributed by atoms with Crippen molar-refractivity contribution in [1.29, 1.82) is 0 Å². The lowest BCUT2D eigenvalue weighted by Crippen LogP contribution is -2.34. The van der Waals surface area contributed by atoms with Crippen LogP contribution in [0.5, 0.6) is 5.75 Å². The van der Waals surface area contributed by atoms with Gasteiger partial charge in [-0.3, -0.25) is 4.79 Å². The fourth-order valence-electron chi connectivity index (χ4n) is 1.95. The van der Waals surface area contributed by atoms with Crippen LogP contribution in [0.2, 0.25) is 0 Å². The van der Waals surface area contributed by atoms with Crippen LogP contribution in [0, 0.1) is 0 Å². The van der Waals surface area contributed by atoms with Crippen molar-refractivity contribution in [2.45, 2.75) is 25.4 Å². The Morgan fingerprint density at radius 3 is 3.06 bits per heavy atom. The van der Waals surface area contributed by atoms with Gasteiger partial charge in [0.05, 0.1) is 6.54 Å². The Labute approximate surface area is 101 Å². The van der Waals surface area contributed by atoms with Crippen molar-refractivity contribution >= 4 is 5.91 Å². The van der Waals surface area contributed by atoms with Crippen LogP contribution in [0.15, 0.2) is 24.3 Å². The minimum Gasteiger partial charge on any atom is -0.488 e. The smallest absolute Gasteiger partial charge is 0.220 e.